The van der Waals surface area contributed by atoms with Crippen LogP contribution < -0.4 is 5.32 Å². The van der Waals surface area contributed by atoms with Crippen LogP contribution in [-0.4, -0.2) is 16.0 Å². The van der Waals surface area contributed by atoms with E-state index in [1.54, 1.807) is 12.4 Å². The van der Waals surface area contributed by atoms with Gasteiger partial charge in [-0.05, 0) is 41.1 Å². The minimum absolute atomic E-state index is 0.575. The van der Waals surface area contributed by atoms with E-state index in [9.17, 15) is 0 Å². The van der Waals surface area contributed by atoms with Crippen molar-refractivity contribution in [2.75, 3.05) is 5.32 Å². The number of anilines is 1. The van der Waals surface area contributed by atoms with Crippen LogP contribution in [0.2, 0.25) is 0 Å². The van der Waals surface area contributed by atoms with Crippen LogP contribution in [0.1, 0.15) is 26.2 Å². The van der Waals surface area contributed by atoms with Gasteiger partial charge in [-0.15, -0.1) is 0 Å². The van der Waals surface area contributed by atoms with Crippen LogP contribution in [0.15, 0.2) is 17.0 Å². The summed E-state index contributed by atoms with van der Waals surface area (Å²) < 4.78 is 0.780. The number of nitrogens with zero attached hydrogens (tertiary/aromatic N) is 2. The molecule has 0 amide bonds. The third-order valence-corrected chi connectivity index (χ3v) is 2.99. The monoisotopic (exact) mass is 255 g/mol. The van der Waals surface area contributed by atoms with Gasteiger partial charge in [0, 0.05) is 6.04 Å². The van der Waals surface area contributed by atoms with Gasteiger partial charge in [0.1, 0.15) is 10.4 Å². The highest BCUT2D eigenvalue weighted by Crippen LogP contribution is 2.35. The van der Waals surface area contributed by atoms with E-state index in [0.29, 0.717) is 6.04 Å². The number of hydrogen-bond acceptors (Lipinski definition) is 3. The second-order valence-corrected chi connectivity index (χ2v) is 4.53. The number of hydrogen-bond donors (Lipinski definition) is 1. The molecule has 14 heavy (non-hydrogen) atoms. The van der Waals surface area contributed by atoms with Crippen molar-refractivity contribution in [1.29, 1.82) is 0 Å². The van der Waals surface area contributed by atoms with Crippen LogP contribution in [0.25, 0.3) is 0 Å². The van der Waals surface area contributed by atoms with Crippen LogP contribution in [0, 0.1) is 5.92 Å². The molecule has 0 aromatic carbocycles. The third kappa shape index (κ3) is 2.44. The third-order valence-electron chi connectivity index (χ3n) is 2.58. The topological polar surface area (TPSA) is 37.8 Å². The van der Waals surface area contributed by atoms with Crippen molar-refractivity contribution in [2.24, 2.45) is 5.92 Å². The van der Waals surface area contributed by atoms with E-state index in [2.05, 4.69) is 38.1 Å². The molecule has 1 fully saturated rings. The molecule has 0 saturated heterocycles. The molecule has 1 saturated carbocycles. The van der Waals surface area contributed by atoms with Gasteiger partial charge in [-0.2, -0.15) is 0 Å². The molecule has 0 aliphatic heterocycles. The van der Waals surface area contributed by atoms with Crippen molar-refractivity contribution in [3.63, 3.8) is 0 Å². The normalized spacial score (nSPS) is 17.9. The van der Waals surface area contributed by atoms with E-state index < -0.39 is 0 Å². The summed E-state index contributed by atoms with van der Waals surface area (Å²) in [7, 11) is 0. The highest BCUT2D eigenvalue weighted by atomic mass is 79.9. The lowest BCUT2D eigenvalue weighted by atomic mass is 10.1. The molecule has 2 rings (SSSR count). The second-order valence-electron chi connectivity index (χ2n) is 3.72. The lowest BCUT2D eigenvalue weighted by molar-refractivity contribution is 0.613. The Morgan fingerprint density at radius 1 is 1.50 bits per heavy atom. The van der Waals surface area contributed by atoms with E-state index in [1.807, 2.05) is 0 Å². The molecule has 1 atom stereocenters. The minimum atomic E-state index is 0.575. The molecule has 76 valence electrons. The van der Waals surface area contributed by atoms with Crippen LogP contribution in [-0.2, 0) is 0 Å². The first-order chi connectivity index (χ1) is 6.79. The van der Waals surface area contributed by atoms with Gasteiger partial charge in [-0.3, -0.25) is 0 Å². The zero-order chi connectivity index (χ0) is 9.97. The fourth-order valence-electron chi connectivity index (χ4n) is 1.63. The first-order valence-electron chi connectivity index (χ1n) is 5.03. The Balaban J connectivity index is 1.98. The Kier molecular flexibility index (Phi) is 3.01. The van der Waals surface area contributed by atoms with Gasteiger partial charge in [0.25, 0.3) is 0 Å². The summed E-state index contributed by atoms with van der Waals surface area (Å²) in [4.78, 5) is 8.39. The SMILES string of the molecule is CCC(Nc1cnc(Br)cn1)C1CC1. The Hall–Kier alpha value is -0.640. The lowest BCUT2D eigenvalue weighted by Crippen LogP contribution is -2.21. The molecule has 1 aliphatic rings. The highest BCUT2D eigenvalue weighted by Gasteiger charge is 2.29. The molecule has 4 heteroatoms. The fraction of sp³-hybridized carbons (Fsp3) is 0.600. The van der Waals surface area contributed by atoms with E-state index in [4.69, 9.17) is 0 Å². The first kappa shape index (κ1) is 9.90. The maximum atomic E-state index is 4.26. The zero-order valence-corrected chi connectivity index (χ0v) is 9.79. The van der Waals surface area contributed by atoms with Gasteiger partial charge in [0.2, 0.25) is 0 Å². The molecule has 1 unspecified atom stereocenters. The van der Waals surface area contributed by atoms with Crippen LogP contribution in [0.4, 0.5) is 5.82 Å². The summed E-state index contributed by atoms with van der Waals surface area (Å²) in [6.07, 6.45) is 7.37. The Morgan fingerprint density at radius 2 is 2.29 bits per heavy atom. The maximum Gasteiger partial charge on any atom is 0.144 e. The molecule has 1 aromatic rings. The standard InChI is InChI=1S/C10H14BrN3/c1-2-8(7-3-4-7)14-10-6-12-9(11)5-13-10/h5-8H,2-4H2,1H3,(H,13,14). The summed E-state index contributed by atoms with van der Waals surface area (Å²) in [6, 6.07) is 0.575. The maximum absolute atomic E-state index is 4.26. The summed E-state index contributed by atoms with van der Waals surface area (Å²) in [5, 5.41) is 3.42. The quantitative estimate of drug-likeness (QED) is 0.900. The van der Waals surface area contributed by atoms with Crippen molar-refractivity contribution in [3.05, 3.63) is 17.0 Å². The summed E-state index contributed by atoms with van der Waals surface area (Å²) in [5.74, 6) is 1.73. The molecule has 0 spiro atoms. The Labute approximate surface area is 92.5 Å². The van der Waals surface area contributed by atoms with E-state index >= 15 is 0 Å². The van der Waals surface area contributed by atoms with E-state index in [0.717, 1.165) is 22.8 Å². The zero-order valence-electron chi connectivity index (χ0n) is 8.20. The molecule has 0 bridgehead atoms. The minimum Gasteiger partial charge on any atom is -0.366 e. The number of rotatable bonds is 4. The Morgan fingerprint density at radius 3 is 2.79 bits per heavy atom. The molecule has 1 N–H and O–H groups in total. The van der Waals surface area contributed by atoms with Crippen molar-refractivity contribution in [1.82, 2.24) is 9.97 Å². The first-order valence-corrected chi connectivity index (χ1v) is 5.83. The number of nitrogens with one attached hydrogen (secondary N) is 1. The smallest absolute Gasteiger partial charge is 0.144 e. The molecule has 1 aliphatic carbocycles. The lowest BCUT2D eigenvalue weighted by Gasteiger charge is -2.16. The van der Waals surface area contributed by atoms with E-state index in [-0.39, 0.29) is 0 Å². The molecule has 1 heterocycles. The molecule has 0 radical (unpaired) electrons. The highest BCUT2D eigenvalue weighted by molar-refractivity contribution is 9.10. The van der Waals surface area contributed by atoms with Gasteiger partial charge in [0.15, 0.2) is 0 Å². The van der Waals surface area contributed by atoms with Crippen LogP contribution in [0.3, 0.4) is 0 Å². The fourth-order valence-corrected chi connectivity index (χ4v) is 1.83. The van der Waals surface area contributed by atoms with Gasteiger partial charge in [-0.25, -0.2) is 9.97 Å². The number of halogens is 1. The van der Waals surface area contributed by atoms with Crippen LogP contribution in [0.5, 0.6) is 0 Å². The Bertz CT molecular complexity index is 295. The van der Waals surface area contributed by atoms with Gasteiger partial charge < -0.3 is 5.32 Å². The average molecular weight is 256 g/mol. The van der Waals surface area contributed by atoms with Crippen molar-refractivity contribution in [3.8, 4) is 0 Å². The van der Waals surface area contributed by atoms with E-state index in [1.165, 1.54) is 12.8 Å². The van der Waals surface area contributed by atoms with Gasteiger partial charge >= 0.3 is 0 Å². The summed E-state index contributed by atoms with van der Waals surface area (Å²) in [5.41, 5.74) is 0. The van der Waals surface area contributed by atoms with Gasteiger partial charge in [0.05, 0.1) is 12.4 Å². The predicted octanol–water partition coefficient (Wildman–Crippen LogP) is 2.84. The second kappa shape index (κ2) is 4.26. The molecule has 3 nitrogen and oxygen atoms in total. The van der Waals surface area contributed by atoms with Crippen molar-refractivity contribution < 1.29 is 0 Å². The largest absolute Gasteiger partial charge is 0.366 e. The van der Waals surface area contributed by atoms with Crippen molar-refractivity contribution in [2.45, 2.75) is 32.2 Å². The van der Waals surface area contributed by atoms with Gasteiger partial charge in [-0.1, -0.05) is 6.92 Å². The summed E-state index contributed by atoms with van der Waals surface area (Å²) in [6.45, 7) is 2.21. The van der Waals surface area contributed by atoms with Crippen LogP contribution >= 0.6 is 15.9 Å². The summed E-state index contributed by atoms with van der Waals surface area (Å²) >= 11 is 3.27. The predicted molar refractivity (Wildman–Crippen MR) is 60.2 cm³/mol. The molecular weight excluding hydrogens is 242 g/mol. The average Bonchev–Trinajstić information content (AvgIpc) is 3.01. The molecular formula is C10H14BrN3. The molecule has 1 aromatic heterocycles. The van der Waals surface area contributed by atoms with Crippen molar-refractivity contribution >= 4 is 21.7 Å². The number of aromatic nitrogens is 2.